The van der Waals surface area contributed by atoms with Crippen LogP contribution in [0.2, 0.25) is 0 Å². The van der Waals surface area contributed by atoms with Gasteiger partial charge in [0.15, 0.2) is 11.3 Å². The fourth-order valence-corrected chi connectivity index (χ4v) is 4.03. The Morgan fingerprint density at radius 3 is 2.85 bits per heavy atom. The number of rotatable bonds is 5. The average molecular weight is 460 g/mol. The number of nitrogens with two attached hydrogens (primary N) is 1. The van der Waals surface area contributed by atoms with Crippen LogP contribution < -0.4 is 11.1 Å². The zero-order valence-electron chi connectivity index (χ0n) is 19.1. The maximum Gasteiger partial charge on any atom is 0.255 e. The van der Waals surface area contributed by atoms with Crippen molar-refractivity contribution in [2.75, 3.05) is 26.0 Å². The molecule has 0 unspecified atom stereocenters. The van der Waals surface area contributed by atoms with Gasteiger partial charge in [-0.3, -0.25) is 9.59 Å². The molecule has 1 aliphatic heterocycles. The van der Waals surface area contributed by atoms with E-state index in [0.29, 0.717) is 35.6 Å². The lowest BCUT2D eigenvalue weighted by molar-refractivity contribution is -0.123. The maximum absolute atomic E-state index is 12.3. The topological polar surface area (TPSA) is 129 Å². The lowest BCUT2D eigenvalue weighted by Gasteiger charge is -2.16. The lowest BCUT2D eigenvalue weighted by Crippen LogP contribution is -2.27. The highest BCUT2D eigenvalue weighted by atomic mass is 16.5. The van der Waals surface area contributed by atoms with Crippen molar-refractivity contribution in [1.82, 2.24) is 19.8 Å². The van der Waals surface area contributed by atoms with Crippen molar-refractivity contribution in [1.29, 1.82) is 0 Å². The number of benzene rings is 1. The van der Waals surface area contributed by atoms with Crippen molar-refractivity contribution < 1.29 is 18.8 Å². The Balaban J connectivity index is 1.74. The summed E-state index contributed by atoms with van der Waals surface area (Å²) in [5.41, 5.74) is 8.87. The number of nitrogens with zero attached hydrogens (tertiary/aromatic N) is 4. The summed E-state index contributed by atoms with van der Waals surface area (Å²) in [5, 5.41) is 12.5. The van der Waals surface area contributed by atoms with E-state index in [1.165, 1.54) is 19.4 Å². The van der Waals surface area contributed by atoms with Gasteiger partial charge < -0.3 is 25.2 Å². The minimum Gasteiger partial charge on any atom is -0.503 e. The molecule has 2 amide bonds. The quantitative estimate of drug-likeness (QED) is 0.340. The highest BCUT2D eigenvalue weighted by Crippen LogP contribution is 2.34. The molecule has 10 nitrogen and oxygen atoms in total. The molecule has 1 aliphatic rings. The van der Waals surface area contributed by atoms with Crippen molar-refractivity contribution in [2.24, 2.45) is 5.73 Å². The van der Waals surface area contributed by atoms with Gasteiger partial charge in [0, 0.05) is 31.0 Å². The number of ether oxygens (including phenoxy) is 1. The van der Waals surface area contributed by atoms with Crippen LogP contribution in [0.1, 0.15) is 39.8 Å². The second kappa shape index (κ2) is 9.15. The van der Waals surface area contributed by atoms with Crippen LogP contribution in [0.5, 0.6) is 0 Å². The van der Waals surface area contributed by atoms with Gasteiger partial charge in [-0.05, 0) is 37.1 Å². The first-order valence-corrected chi connectivity index (χ1v) is 10.5. The monoisotopic (exact) mass is 460 g/mol. The third kappa shape index (κ3) is 3.99. The highest BCUT2D eigenvalue weighted by Gasteiger charge is 2.35. The summed E-state index contributed by atoms with van der Waals surface area (Å²) >= 11 is 0. The number of primary amides is 1. The third-order valence-corrected chi connectivity index (χ3v) is 5.60. The number of likely N-dealkylation sites (tertiary alicyclic amines) is 1. The molecule has 3 N–H and O–H groups in total. The van der Waals surface area contributed by atoms with E-state index in [1.54, 1.807) is 22.7 Å². The van der Waals surface area contributed by atoms with Crippen molar-refractivity contribution in [3.63, 3.8) is 0 Å². The summed E-state index contributed by atoms with van der Waals surface area (Å²) in [6, 6.07) is 5.23. The third-order valence-electron chi connectivity index (χ3n) is 5.60. The van der Waals surface area contributed by atoms with Gasteiger partial charge in [0.25, 0.3) is 5.91 Å². The number of aryl methyl sites for hydroxylation is 1. The van der Waals surface area contributed by atoms with Crippen molar-refractivity contribution in [3.05, 3.63) is 65.3 Å². The molecule has 3 heterocycles. The normalized spacial score (nSPS) is 16.4. The van der Waals surface area contributed by atoms with Gasteiger partial charge in [0.05, 0.1) is 24.5 Å². The van der Waals surface area contributed by atoms with E-state index in [2.05, 4.69) is 34.0 Å². The van der Waals surface area contributed by atoms with Gasteiger partial charge in [0.2, 0.25) is 5.91 Å². The first kappa shape index (κ1) is 22.7. The van der Waals surface area contributed by atoms with Crippen LogP contribution in [0.4, 0.5) is 5.82 Å². The Bertz CT molecular complexity index is 1390. The molecule has 1 saturated heterocycles. The van der Waals surface area contributed by atoms with Gasteiger partial charge >= 0.3 is 0 Å². The smallest absolute Gasteiger partial charge is 0.255 e. The second-order valence-corrected chi connectivity index (χ2v) is 7.72. The molecule has 4 rings (SSSR count). The van der Waals surface area contributed by atoms with Gasteiger partial charge in [-0.25, -0.2) is 4.68 Å². The van der Waals surface area contributed by atoms with E-state index in [-0.39, 0.29) is 23.2 Å². The molecule has 1 aromatic carbocycles. The number of hydrogen-bond acceptors (Lipinski definition) is 7. The Hall–Kier alpha value is -4.52. The SMILES string of the molecule is C=CC(=O)N1C[C@@H](n2nc(C#Cc3ccc4c(C)noc4c3)c(C(N)=O)c2NC)C/C1=C\OC. The van der Waals surface area contributed by atoms with Crippen molar-refractivity contribution >= 4 is 28.6 Å². The molecule has 0 radical (unpaired) electrons. The van der Waals surface area contributed by atoms with Crippen molar-refractivity contribution in [2.45, 2.75) is 19.4 Å². The molecular weight excluding hydrogens is 436 g/mol. The summed E-state index contributed by atoms with van der Waals surface area (Å²) in [4.78, 5) is 26.2. The molecule has 1 atom stereocenters. The van der Waals surface area contributed by atoms with Gasteiger partial charge in [-0.2, -0.15) is 5.10 Å². The Morgan fingerprint density at radius 1 is 1.38 bits per heavy atom. The minimum absolute atomic E-state index is 0.178. The van der Waals surface area contributed by atoms with Gasteiger partial charge in [-0.1, -0.05) is 17.7 Å². The number of hydrogen-bond donors (Lipinski definition) is 2. The molecule has 0 aliphatic carbocycles. The summed E-state index contributed by atoms with van der Waals surface area (Å²) in [7, 11) is 3.19. The lowest BCUT2D eigenvalue weighted by atomic mass is 10.1. The zero-order chi connectivity index (χ0) is 24.4. The first-order chi connectivity index (χ1) is 16.4. The maximum atomic E-state index is 12.3. The van der Waals surface area contributed by atoms with E-state index in [4.69, 9.17) is 15.0 Å². The molecule has 10 heteroatoms. The van der Waals surface area contributed by atoms with Crippen LogP contribution in [-0.4, -0.2) is 52.4 Å². The first-order valence-electron chi connectivity index (χ1n) is 10.5. The van der Waals surface area contributed by atoms with Crippen LogP contribution in [0, 0.1) is 18.8 Å². The number of allylic oxidation sites excluding steroid dienone is 1. The van der Waals surface area contributed by atoms with Gasteiger partial charge in [-0.15, -0.1) is 0 Å². The molecule has 0 saturated carbocycles. The predicted octanol–water partition coefficient (Wildman–Crippen LogP) is 2.32. The fraction of sp³-hybridized carbons (Fsp3) is 0.250. The number of carbonyl (C=O) groups is 2. The predicted molar refractivity (Wildman–Crippen MR) is 126 cm³/mol. The number of carbonyl (C=O) groups excluding carboxylic acids is 2. The fourth-order valence-electron chi connectivity index (χ4n) is 4.03. The second-order valence-electron chi connectivity index (χ2n) is 7.72. The number of methoxy groups -OCH3 is 1. The highest BCUT2D eigenvalue weighted by molar-refractivity contribution is 6.00. The van der Waals surface area contributed by atoms with Crippen LogP contribution in [0.3, 0.4) is 0 Å². The Labute approximate surface area is 196 Å². The van der Waals surface area contributed by atoms with Crippen LogP contribution in [0.25, 0.3) is 11.0 Å². The molecule has 34 heavy (non-hydrogen) atoms. The van der Waals surface area contributed by atoms with E-state index in [9.17, 15) is 9.59 Å². The van der Waals surface area contributed by atoms with Crippen molar-refractivity contribution in [3.8, 4) is 11.8 Å². The molecule has 0 spiro atoms. The van der Waals surface area contributed by atoms with Crippen LogP contribution in [-0.2, 0) is 9.53 Å². The molecule has 174 valence electrons. The molecule has 0 bridgehead atoms. The Morgan fingerprint density at radius 2 is 2.18 bits per heavy atom. The number of aromatic nitrogens is 3. The summed E-state index contributed by atoms with van der Waals surface area (Å²) in [5.74, 6) is 5.49. The van der Waals surface area contributed by atoms with Gasteiger partial charge in [0.1, 0.15) is 17.6 Å². The number of anilines is 1. The number of amides is 2. The summed E-state index contributed by atoms with van der Waals surface area (Å²) < 4.78 is 12.1. The molecule has 1 fully saturated rings. The number of fused-ring (bicyclic) bond motifs is 1. The largest absolute Gasteiger partial charge is 0.503 e. The van der Waals surface area contributed by atoms with Crippen LogP contribution in [0.15, 0.2) is 47.3 Å². The molecular formula is C24H24N6O4. The van der Waals surface area contributed by atoms with E-state index in [0.717, 1.165) is 11.1 Å². The summed E-state index contributed by atoms with van der Waals surface area (Å²) in [6.45, 7) is 5.75. The van der Waals surface area contributed by atoms with E-state index < -0.39 is 5.91 Å². The molecule has 2 aromatic heterocycles. The minimum atomic E-state index is -0.661. The summed E-state index contributed by atoms with van der Waals surface area (Å²) in [6.07, 6.45) is 3.21. The van der Waals surface area contributed by atoms with Crippen LogP contribution >= 0.6 is 0 Å². The Kier molecular flexibility index (Phi) is 6.10. The average Bonchev–Trinajstić information content (AvgIpc) is 3.52. The zero-order valence-corrected chi connectivity index (χ0v) is 19.1. The molecule has 3 aromatic rings. The standard InChI is InChI=1S/C24H24N6O4/c1-5-21(31)29-12-16(11-17(29)13-33-4)30-24(26-3)22(23(25)32)19(27-30)9-7-15-6-8-18-14(2)28-34-20(18)10-15/h5-6,8,10,13,16,26H,1,11-12H2,2-4H3,(H2,25,32)/b17-13+/t16-/m0/s1. The number of nitrogens with one attached hydrogen (secondary N) is 1. The van der Waals surface area contributed by atoms with E-state index in [1.807, 2.05) is 19.1 Å². The van der Waals surface area contributed by atoms with E-state index >= 15 is 0 Å².